The number of furan rings is 1. The molecule has 0 aromatic carbocycles. The molecule has 118 valence electrons. The van der Waals surface area contributed by atoms with E-state index in [0.29, 0.717) is 25.5 Å². The number of nitro groups is 1. The van der Waals surface area contributed by atoms with Crippen LogP contribution in [-0.4, -0.2) is 72.4 Å². The van der Waals surface area contributed by atoms with Gasteiger partial charge in [0.1, 0.15) is 10.7 Å². The SMILES string of the molecule is O=[N+]([O-])c1ccc(CN2CCN(CCOCCO)CC2)o1. The van der Waals surface area contributed by atoms with Crippen molar-refractivity contribution in [2.24, 2.45) is 0 Å². The molecule has 0 saturated carbocycles. The van der Waals surface area contributed by atoms with Crippen LogP contribution in [0.2, 0.25) is 0 Å². The first-order chi connectivity index (χ1) is 10.2. The lowest BCUT2D eigenvalue weighted by atomic mass is 10.3. The number of hydrogen-bond acceptors (Lipinski definition) is 7. The number of ether oxygens (including phenoxy) is 1. The summed E-state index contributed by atoms with van der Waals surface area (Å²) in [6.07, 6.45) is 0. The Hall–Kier alpha value is -1.48. The van der Waals surface area contributed by atoms with Crippen molar-refractivity contribution in [2.75, 3.05) is 52.5 Å². The largest absolute Gasteiger partial charge is 0.433 e. The van der Waals surface area contributed by atoms with E-state index in [4.69, 9.17) is 14.3 Å². The molecule has 1 aromatic rings. The van der Waals surface area contributed by atoms with Gasteiger partial charge in [-0.2, -0.15) is 0 Å². The highest BCUT2D eigenvalue weighted by Gasteiger charge is 2.19. The molecule has 21 heavy (non-hydrogen) atoms. The van der Waals surface area contributed by atoms with Crippen LogP contribution in [0.15, 0.2) is 16.5 Å². The molecule has 1 aliphatic heterocycles. The van der Waals surface area contributed by atoms with Crippen LogP contribution >= 0.6 is 0 Å². The zero-order valence-electron chi connectivity index (χ0n) is 11.9. The van der Waals surface area contributed by atoms with Crippen molar-refractivity contribution >= 4 is 5.88 Å². The van der Waals surface area contributed by atoms with Crippen molar-refractivity contribution in [3.8, 4) is 0 Å². The minimum absolute atomic E-state index is 0.0586. The summed E-state index contributed by atoms with van der Waals surface area (Å²) in [6.45, 7) is 6.20. The molecule has 0 amide bonds. The lowest BCUT2D eigenvalue weighted by Crippen LogP contribution is -2.46. The summed E-state index contributed by atoms with van der Waals surface area (Å²) in [5.41, 5.74) is 0. The van der Waals surface area contributed by atoms with Crippen LogP contribution in [0.3, 0.4) is 0 Å². The van der Waals surface area contributed by atoms with Gasteiger partial charge in [0.05, 0.1) is 32.4 Å². The molecule has 0 atom stereocenters. The molecule has 0 bridgehead atoms. The third-order valence-corrected chi connectivity index (χ3v) is 3.46. The first kappa shape index (κ1) is 15.9. The molecular formula is C13H21N3O5. The minimum Gasteiger partial charge on any atom is -0.404 e. The maximum absolute atomic E-state index is 10.6. The topological polar surface area (TPSA) is 92.2 Å². The zero-order chi connectivity index (χ0) is 15.1. The zero-order valence-corrected chi connectivity index (χ0v) is 11.9. The van der Waals surface area contributed by atoms with Gasteiger partial charge in [-0.05, 0) is 6.07 Å². The lowest BCUT2D eigenvalue weighted by Gasteiger charge is -2.34. The van der Waals surface area contributed by atoms with Crippen molar-refractivity contribution < 1.29 is 19.2 Å². The third-order valence-electron chi connectivity index (χ3n) is 3.46. The molecule has 0 radical (unpaired) electrons. The molecule has 1 N–H and O–H groups in total. The molecule has 8 nitrogen and oxygen atoms in total. The molecule has 2 rings (SSSR count). The first-order valence-corrected chi connectivity index (χ1v) is 7.05. The lowest BCUT2D eigenvalue weighted by molar-refractivity contribution is -0.402. The van der Waals surface area contributed by atoms with Crippen LogP contribution in [0.25, 0.3) is 0 Å². The second-order valence-electron chi connectivity index (χ2n) is 4.95. The molecule has 0 spiro atoms. The number of nitrogens with zero attached hydrogens (tertiary/aromatic N) is 3. The summed E-state index contributed by atoms with van der Waals surface area (Å²) in [7, 11) is 0. The Morgan fingerprint density at radius 2 is 1.95 bits per heavy atom. The fourth-order valence-electron chi connectivity index (χ4n) is 2.30. The van der Waals surface area contributed by atoms with Crippen molar-refractivity contribution in [2.45, 2.75) is 6.54 Å². The number of hydrogen-bond donors (Lipinski definition) is 1. The average Bonchev–Trinajstić information content (AvgIpc) is 2.94. The van der Waals surface area contributed by atoms with E-state index in [2.05, 4.69) is 9.80 Å². The normalized spacial score (nSPS) is 17.2. The molecule has 1 aromatic heterocycles. The standard InChI is InChI=1S/C13H21N3O5/c17-8-10-20-9-7-14-3-5-15(6-4-14)11-12-1-2-13(21-12)16(18)19/h1-2,17H,3-11H2. The summed E-state index contributed by atoms with van der Waals surface area (Å²) in [4.78, 5) is 14.6. The molecule has 1 aliphatic rings. The van der Waals surface area contributed by atoms with Gasteiger partial charge in [-0.3, -0.25) is 19.9 Å². The third kappa shape index (κ3) is 5.09. The van der Waals surface area contributed by atoms with E-state index in [0.717, 1.165) is 32.7 Å². The number of piperazine rings is 1. The Labute approximate surface area is 123 Å². The van der Waals surface area contributed by atoms with Gasteiger partial charge in [-0.1, -0.05) is 0 Å². The molecular weight excluding hydrogens is 278 g/mol. The first-order valence-electron chi connectivity index (χ1n) is 7.05. The Morgan fingerprint density at radius 3 is 2.57 bits per heavy atom. The van der Waals surface area contributed by atoms with Crippen molar-refractivity contribution in [1.82, 2.24) is 9.80 Å². The van der Waals surface area contributed by atoms with Crippen LogP contribution in [0.1, 0.15) is 5.76 Å². The fourth-order valence-corrected chi connectivity index (χ4v) is 2.30. The van der Waals surface area contributed by atoms with Crippen LogP contribution in [0.5, 0.6) is 0 Å². The van der Waals surface area contributed by atoms with E-state index in [9.17, 15) is 10.1 Å². The van der Waals surface area contributed by atoms with Gasteiger partial charge < -0.3 is 14.3 Å². The molecule has 0 aliphatic carbocycles. The van der Waals surface area contributed by atoms with Crippen molar-refractivity contribution in [3.63, 3.8) is 0 Å². The average molecular weight is 299 g/mol. The van der Waals surface area contributed by atoms with E-state index in [-0.39, 0.29) is 12.5 Å². The van der Waals surface area contributed by atoms with Gasteiger partial charge in [0, 0.05) is 32.7 Å². The summed E-state index contributed by atoms with van der Waals surface area (Å²) >= 11 is 0. The number of aliphatic hydroxyl groups is 1. The van der Waals surface area contributed by atoms with E-state index >= 15 is 0 Å². The van der Waals surface area contributed by atoms with Crippen LogP contribution in [0, 0.1) is 10.1 Å². The summed E-state index contributed by atoms with van der Waals surface area (Å²) in [5, 5.41) is 19.2. The second-order valence-corrected chi connectivity index (χ2v) is 4.95. The summed E-state index contributed by atoms with van der Waals surface area (Å²) in [5.74, 6) is 0.422. The summed E-state index contributed by atoms with van der Waals surface area (Å²) in [6, 6.07) is 3.05. The van der Waals surface area contributed by atoms with Crippen LogP contribution in [-0.2, 0) is 11.3 Å². The molecule has 1 saturated heterocycles. The molecule has 0 unspecified atom stereocenters. The molecule has 2 heterocycles. The predicted molar refractivity (Wildman–Crippen MR) is 75.0 cm³/mol. The monoisotopic (exact) mass is 299 g/mol. The van der Waals surface area contributed by atoms with Gasteiger partial charge in [-0.15, -0.1) is 0 Å². The van der Waals surface area contributed by atoms with Crippen LogP contribution in [0.4, 0.5) is 5.88 Å². The van der Waals surface area contributed by atoms with Gasteiger partial charge in [0.25, 0.3) is 0 Å². The van der Waals surface area contributed by atoms with Gasteiger partial charge in [0.2, 0.25) is 0 Å². The highest BCUT2D eigenvalue weighted by atomic mass is 16.6. The Bertz CT molecular complexity index is 443. The highest BCUT2D eigenvalue weighted by Crippen LogP contribution is 2.17. The van der Waals surface area contributed by atoms with E-state index in [1.54, 1.807) is 6.07 Å². The van der Waals surface area contributed by atoms with Gasteiger partial charge in [-0.25, -0.2) is 0 Å². The smallest absolute Gasteiger partial charge is 0.404 e. The Balaban J connectivity index is 1.67. The number of rotatable bonds is 8. The van der Waals surface area contributed by atoms with Crippen molar-refractivity contribution in [3.05, 3.63) is 28.0 Å². The van der Waals surface area contributed by atoms with Gasteiger partial charge in [0.15, 0.2) is 0 Å². The van der Waals surface area contributed by atoms with Gasteiger partial charge >= 0.3 is 5.88 Å². The fraction of sp³-hybridized carbons (Fsp3) is 0.692. The quantitative estimate of drug-likeness (QED) is 0.419. The number of aliphatic hydroxyl groups excluding tert-OH is 1. The predicted octanol–water partition coefficient (Wildman–Crippen LogP) is 0.314. The second kappa shape index (κ2) is 8.08. The summed E-state index contributed by atoms with van der Waals surface area (Å²) < 4.78 is 10.4. The molecule has 8 heteroatoms. The Kier molecular flexibility index (Phi) is 6.12. The van der Waals surface area contributed by atoms with Crippen molar-refractivity contribution in [1.29, 1.82) is 0 Å². The Morgan fingerprint density at radius 1 is 1.24 bits per heavy atom. The van der Waals surface area contributed by atoms with E-state index < -0.39 is 4.92 Å². The maximum atomic E-state index is 10.6. The van der Waals surface area contributed by atoms with E-state index in [1.165, 1.54) is 6.07 Å². The highest BCUT2D eigenvalue weighted by molar-refractivity contribution is 5.17. The maximum Gasteiger partial charge on any atom is 0.433 e. The van der Waals surface area contributed by atoms with Crippen LogP contribution < -0.4 is 0 Å². The molecule has 1 fully saturated rings. The van der Waals surface area contributed by atoms with E-state index in [1.807, 2.05) is 0 Å². The minimum atomic E-state index is -0.520.